The van der Waals surface area contributed by atoms with E-state index in [1.54, 1.807) is 57.2 Å². The maximum Gasteiger partial charge on any atom is 0.335 e. The van der Waals surface area contributed by atoms with Gasteiger partial charge in [0.2, 0.25) is 11.8 Å². The maximum absolute atomic E-state index is 12.8. The zero-order chi connectivity index (χ0) is 24.1. The summed E-state index contributed by atoms with van der Waals surface area (Å²) in [5.74, 6) is -3.91. The summed E-state index contributed by atoms with van der Waals surface area (Å²) >= 11 is 0. The Kier molecular flexibility index (Phi) is 6.97. The highest BCUT2D eigenvalue weighted by Crippen LogP contribution is 2.23. The molecule has 0 bridgehead atoms. The molecule has 1 heterocycles. The van der Waals surface area contributed by atoms with E-state index >= 15 is 0 Å². The van der Waals surface area contributed by atoms with Crippen molar-refractivity contribution in [3.05, 3.63) is 59.7 Å². The predicted octanol–water partition coefficient (Wildman–Crippen LogP) is 2.20. The summed E-state index contributed by atoms with van der Waals surface area (Å²) in [6, 6.07) is 12.0. The molecule has 170 valence electrons. The van der Waals surface area contributed by atoms with Crippen LogP contribution in [0.15, 0.2) is 53.6 Å². The molecular formula is C23H23N5O5. The van der Waals surface area contributed by atoms with Gasteiger partial charge >= 0.3 is 6.03 Å². The molecule has 1 aliphatic heterocycles. The summed E-state index contributed by atoms with van der Waals surface area (Å²) in [7, 11) is 0. The van der Waals surface area contributed by atoms with Gasteiger partial charge in [-0.1, -0.05) is 32.0 Å². The van der Waals surface area contributed by atoms with Gasteiger partial charge in [0.25, 0.3) is 11.8 Å². The van der Waals surface area contributed by atoms with Crippen molar-refractivity contribution in [1.82, 2.24) is 10.7 Å². The molecule has 1 fully saturated rings. The van der Waals surface area contributed by atoms with Gasteiger partial charge in [-0.15, -0.1) is 0 Å². The van der Waals surface area contributed by atoms with Crippen LogP contribution in [0.25, 0.3) is 0 Å². The summed E-state index contributed by atoms with van der Waals surface area (Å²) in [6.45, 7) is 5.26. The maximum atomic E-state index is 12.8. The number of anilines is 2. The second kappa shape index (κ2) is 9.86. The van der Waals surface area contributed by atoms with Gasteiger partial charge in [-0.3, -0.25) is 24.5 Å². The molecule has 2 aromatic carbocycles. The zero-order valence-corrected chi connectivity index (χ0v) is 18.3. The minimum absolute atomic E-state index is 0.148. The number of hydrogen-bond acceptors (Lipinski definition) is 6. The fourth-order valence-corrected chi connectivity index (χ4v) is 2.99. The van der Waals surface area contributed by atoms with Gasteiger partial charge < -0.3 is 5.32 Å². The molecule has 2 aromatic rings. The van der Waals surface area contributed by atoms with E-state index in [1.165, 1.54) is 12.1 Å². The standard InChI is InChI=1S/C23H23N5O5/c1-13(2)19(29)25-16-10-8-15(9-11-16)20(30)27-24-12-17-21(31)26-23(33)28(22(17)32)18-7-5-4-6-14(18)3/h4-13,17H,1-3H3,(H,25,29)(H,27,30)(H,26,31,33)/b24-12-/t17-/m0/s1. The van der Waals surface area contributed by atoms with Gasteiger partial charge in [0.05, 0.1) is 5.69 Å². The highest BCUT2D eigenvalue weighted by molar-refractivity contribution is 6.32. The fraction of sp³-hybridized carbons (Fsp3) is 0.217. The summed E-state index contributed by atoms with van der Waals surface area (Å²) < 4.78 is 0. The molecule has 0 aliphatic carbocycles. The molecule has 3 N–H and O–H groups in total. The molecule has 6 amide bonds. The van der Waals surface area contributed by atoms with Gasteiger partial charge in [-0.05, 0) is 42.8 Å². The minimum Gasteiger partial charge on any atom is -0.326 e. The van der Waals surface area contributed by atoms with Crippen LogP contribution in [0.1, 0.15) is 29.8 Å². The van der Waals surface area contributed by atoms with E-state index < -0.39 is 29.7 Å². The van der Waals surface area contributed by atoms with Crippen molar-refractivity contribution >= 4 is 47.2 Å². The molecule has 0 saturated carbocycles. The van der Waals surface area contributed by atoms with Crippen molar-refractivity contribution < 1.29 is 24.0 Å². The molecule has 0 radical (unpaired) electrons. The minimum atomic E-state index is -1.39. The lowest BCUT2D eigenvalue weighted by Gasteiger charge is -2.29. The van der Waals surface area contributed by atoms with Crippen molar-refractivity contribution in [2.45, 2.75) is 20.8 Å². The lowest BCUT2D eigenvalue weighted by molar-refractivity contribution is -0.131. The predicted molar refractivity (Wildman–Crippen MR) is 122 cm³/mol. The Labute approximate surface area is 190 Å². The monoisotopic (exact) mass is 449 g/mol. The largest absolute Gasteiger partial charge is 0.335 e. The number of rotatable bonds is 6. The highest BCUT2D eigenvalue weighted by Gasteiger charge is 2.41. The number of para-hydroxylation sites is 1. The number of amides is 6. The second-order valence-corrected chi connectivity index (χ2v) is 7.67. The average molecular weight is 449 g/mol. The summed E-state index contributed by atoms with van der Waals surface area (Å²) in [5.41, 5.74) is 4.07. The number of nitrogens with zero attached hydrogens (tertiary/aromatic N) is 2. The topological polar surface area (TPSA) is 137 Å². The lowest BCUT2D eigenvalue weighted by Crippen LogP contribution is -2.59. The van der Waals surface area contributed by atoms with Crippen molar-refractivity contribution in [3.8, 4) is 0 Å². The third kappa shape index (κ3) is 5.29. The van der Waals surface area contributed by atoms with Crippen LogP contribution in [0.4, 0.5) is 16.2 Å². The Morgan fingerprint density at radius 1 is 1.06 bits per heavy atom. The molecule has 1 aliphatic rings. The number of hydrazone groups is 1. The number of benzene rings is 2. The third-order valence-electron chi connectivity index (χ3n) is 4.89. The van der Waals surface area contributed by atoms with E-state index in [-0.39, 0.29) is 17.4 Å². The number of carbonyl (C=O) groups excluding carboxylic acids is 5. The van der Waals surface area contributed by atoms with Crippen molar-refractivity contribution in [2.75, 3.05) is 10.2 Å². The Bertz CT molecular complexity index is 1140. The Balaban J connectivity index is 1.67. The number of carbonyl (C=O) groups is 5. The first-order valence-electron chi connectivity index (χ1n) is 10.2. The van der Waals surface area contributed by atoms with Crippen LogP contribution in [0, 0.1) is 18.8 Å². The van der Waals surface area contributed by atoms with Crippen LogP contribution in [0.3, 0.4) is 0 Å². The summed E-state index contributed by atoms with van der Waals surface area (Å²) in [5, 5.41) is 8.57. The van der Waals surface area contributed by atoms with Crippen molar-refractivity contribution in [2.24, 2.45) is 16.9 Å². The van der Waals surface area contributed by atoms with Crippen LogP contribution in [0.5, 0.6) is 0 Å². The van der Waals surface area contributed by atoms with Crippen molar-refractivity contribution in [1.29, 1.82) is 0 Å². The molecule has 3 rings (SSSR count). The molecule has 0 unspecified atom stereocenters. The van der Waals surface area contributed by atoms with Crippen LogP contribution >= 0.6 is 0 Å². The smallest absolute Gasteiger partial charge is 0.326 e. The zero-order valence-electron chi connectivity index (χ0n) is 18.3. The Hall–Kier alpha value is -4.34. The van der Waals surface area contributed by atoms with Gasteiger partial charge in [0.15, 0.2) is 5.92 Å². The number of urea groups is 1. The van der Waals surface area contributed by atoms with E-state index in [9.17, 15) is 24.0 Å². The average Bonchev–Trinajstić information content (AvgIpc) is 2.77. The van der Waals surface area contributed by atoms with Gasteiger partial charge in [-0.2, -0.15) is 5.10 Å². The molecule has 10 nitrogen and oxygen atoms in total. The van der Waals surface area contributed by atoms with E-state index in [0.717, 1.165) is 11.1 Å². The quantitative estimate of drug-likeness (QED) is 0.353. The molecule has 1 saturated heterocycles. The van der Waals surface area contributed by atoms with Crippen molar-refractivity contribution in [3.63, 3.8) is 0 Å². The SMILES string of the molecule is Cc1ccccc1N1C(=O)NC(=O)[C@H](/C=N\NC(=O)c2ccc(NC(=O)C(C)C)cc2)C1=O. The van der Waals surface area contributed by atoms with Crippen LogP contribution in [0.2, 0.25) is 0 Å². The van der Waals surface area contributed by atoms with Gasteiger partial charge in [0.1, 0.15) is 0 Å². The lowest BCUT2D eigenvalue weighted by atomic mass is 10.0. The van der Waals surface area contributed by atoms with E-state index in [2.05, 4.69) is 21.2 Å². The second-order valence-electron chi connectivity index (χ2n) is 7.67. The van der Waals surface area contributed by atoms with E-state index in [4.69, 9.17) is 0 Å². The number of hydrogen-bond donors (Lipinski definition) is 3. The molecule has 0 spiro atoms. The Morgan fingerprint density at radius 2 is 1.73 bits per heavy atom. The van der Waals surface area contributed by atoms with E-state index in [0.29, 0.717) is 16.9 Å². The first kappa shape index (κ1) is 23.3. The molecule has 0 aromatic heterocycles. The van der Waals surface area contributed by atoms with Gasteiger partial charge in [0, 0.05) is 23.4 Å². The van der Waals surface area contributed by atoms with Crippen LogP contribution < -0.4 is 21.0 Å². The Morgan fingerprint density at radius 3 is 2.36 bits per heavy atom. The fourth-order valence-electron chi connectivity index (χ4n) is 2.99. The molecular weight excluding hydrogens is 426 g/mol. The first-order valence-corrected chi connectivity index (χ1v) is 10.2. The molecule has 1 atom stereocenters. The number of nitrogens with one attached hydrogen (secondary N) is 3. The highest BCUT2D eigenvalue weighted by atomic mass is 16.2. The third-order valence-corrected chi connectivity index (χ3v) is 4.89. The first-order chi connectivity index (χ1) is 15.7. The normalized spacial score (nSPS) is 16.2. The number of barbiturate groups is 1. The molecule has 33 heavy (non-hydrogen) atoms. The summed E-state index contributed by atoms with van der Waals surface area (Å²) in [4.78, 5) is 62.2. The number of imide groups is 2. The van der Waals surface area contributed by atoms with E-state index in [1.807, 2.05) is 0 Å². The van der Waals surface area contributed by atoms with Crippen LogP contribution in [-0.4, -0.2) is 35.9 Å². The summed E-state index contributed by atoms with van der Waals surface area (Å²) in [6.07, 6.45) is 0.977. The number of aryl methyl sites for hydroxylation is 1. The van der Waals surface area contributed by atoms with Gasteiger partial charge in [-0.25, -0.2) is 15.1 Å². The molecule has 10 heteroatoms. The van der Waals surface area contributed by atoms with Crippen LogP contribution in [-0.2, 0) is 14.4 Å².